The van der Waals surface area contributed by atoms with Gasteiger partial charge in [0, 0.05) is 26.7 Å². The smallest absolute Gasteiger partial charge is 0.243 e. The summed E-state index contributed by atoms with van der Waals surface area (Å²) >= 11 is 0. The lowest BCUT2D eigenvalue weighted by Gasteiger charge is -2.17. The van der Waals surface area contributed by atoms with E-state index in [1.807, 2.05) is 0 Å². The van der Waals surface area contributed by atoms with Gasteiger partial charge in [0.05, 0.1) is 11.5 Å². The third-order valence-corrected chi connectivity index (χ3v) is 5.04. The van der Waals surface area contributed by atoms with Gasteiger partial charge in [0.1, 0.15) is 6.54 Å². The molecule has 122 valence electrons. The number of rotatable bonds is 6. The maximum atomic E-state index is 11.6. The Hall–Kier alpha value is -1.31. The van der Waals surface area contributed by atoms with Crippen LogP contribution in [0.4, 0.5) is 0 Å². The van der Waals surface area contributed by atoms with Gasteiger partial charge in [-0.25, -0.2) is 13.4 Å². The van der Waals surface area contributed by atoms with Crippen LogP contribution in [0, 0.1) is 0 Å². The maximum Gasteiger partial charge on any atom is 0.243 e. The highest BCUT2D eigenvalue weighted by Crippen LogP contribution is 2.10. The van der Waals surface area contributed by atoms with Gasteiger partial charge in [0.2, 0.25) is 5.91 Å². The minimum atomic E-state index is -2.93. The normalized spacial score (nSPS) is 21.1. The molecule has 0 aliphatic carbocycles. The molecule has 1 aliphatic rings. The predicted octanol–water partition coefficient (Wildman–Crippen LogP) is -0.403. The first-order valence-electron chi connectivity index (χ1n) is 7.29. The molecule has 0 aromatic heterocycles. The Morgan fingerprint density at radius 3 is 2.62 bits per heavy atom. The fourth-order valence-electron chi connectivity index (χ4n) is 1.93. The SMILES string of the molecule is CCCCNC(=NCC(=O)N(C)C)NC1CCS(=O)(=O)C1. The summed E-state index contributed by atoms with van der Waals surface area (Å²) in [5.41, 5.74) is 0. The highest BCUT2D eigenvalue weighted by Gasteiger charge is 2.28. The minimum Gasteiger partial charge on any atom is -0.356 e. The fraction of sp³-hybridized carbons (Fsp3) is 0.846. The van der Waals surface area contributed by atoms with E-state index in [9.17, 15) is 13.2 Å². The molecule has 0 aromatic carbocycles. The van der Waals surface area contributed by atoms with E-state index in [4.69, 9.17) is 0 Å². The third kappa shape index (κ3) is 6.79. The Labute approximate surface area is 127 Å². The highest BCUT2D eigenvalue weighted by molar-refractivity contribution is 7.91. The molecule has 1 aliphatic heterocycles. The van der Waals surface area contributed by atoms with Crippen molar-refractivity contribution in [3.63, 3.8) is 0 Å². The molecule has 1 fully saturated rings. The second-order valence-electron chi connectivity index (χ2n) is 5.48. The number of carbonyl (C=O) groups is 1. The van der Waals surface area contributed by atoms with E-state index in [2.05, 4.69) is 22.5 Å². The Morgan fingerprint density at radius 1 is 1.38 bits per heavy atom. The molecule has 7 nitrogen and oxygen atoms in total. The molecule has 0 spiro atoms. The monoisotopic (exact) mass is 318 g/mol. The van der Waals surface area contributed by atoms with E-state index >= 15 is 0 Å². The van der Waals surface area contributed by atoms with Gasteiger partial charge in [-0.2, -0.15) is 0 Å². The molecular formula is C13H26N4O3S. The molecule has 1 amide bonds. The number of carbonyl (C=O) groups excluding carboxylic acids is 1. The summed E-state index contributed by atoms with van der Waals surface area (Å²) in [7, 11) is 0.428. The van der Waals surface area contributed by atoms with Crippen molar-refractivity contribution >= 4 is 21.7 Å². The molecular weight excluding hydrogens is 292 g/mol. The molecule has 8 heteroatoms. The van der Waals surface area contributed by atoms with E-state index in [1.165, 1.54) is 4.90 Å². The van der Waals surface area contributed by atoms with Crippen LogP contribution in [0.5, 0.6) is 0 Å². The fourth-order valence-corrected chi connectivity index (χ4v) is 3.60. The van der Waals surface area contributed by atoms with Crippen LogP contribution in [0.25, 0.3) is 0 Å². The van der Waals surface area contributed by atoms with Crippen LogP contribution in [-0.2, 0) is 14.6 Å². The van der Waals surface area contributed by atoms with Crippen molar-refractivity contribution in [3.8, 4) is 0 Å². The van der Waals surface area contributed by atoms with Gasteiger partial charge < -0.3 is 15.5 Å². The predicted molar refractivity (Wildman–Crippen MR) is 84.1 cm³/mol. The van der Waals surface area contributed by atoms with Crippen LogP contribution >= 0.6 is 0 Å². The lowest BCUT2D eigenvalue weighted by atomic mass is 10.3. The van der Waals surface area contributed by atoms with Gasteiger partial charge in [-0.1, -0.05) is 13.3 Å². The number of hydrogen-bond acceptors (Lipinski definition) is 4. The van der Waals surface area contributed by atoms with Crippen molar-refractivity contribution < 1.29 is 13.2 Å². The molecule has 1 saturated heterocycles. The van der Waals surface area contributed by atoms with Gasteiger partial charge in [0.25, 0.3) is 0 Å². The maximum absolute atomic E-state index is 11.6. The topological polar surface area (TPSA) is 90.9 Å². The number of nitrogens with zero attached hydrogens (tertiary/aromatic N) is 2. The summed E-state index contributed by atoms with van der Waals surface area (Å²) in [6, 6.07) is -0.127. The summed E-state index contributed by atoms with van der Waals surface area (Å²) in [4.78, 5) is 17.3. The Bertz CT molecular complexity index is 474. The van der Waals surface area contributed by atoms with Crippen LogP contribution in [-0.4, -0.2) is 69.9 Å². The van der Waals surface area contributed by atoms with Gasteiger partial charge in [0.15, 0.2) is 15.8 Å². The van der Waals surface area contributed by atoms with Crippen LogP contribution in [0.2, 0.25) is 0 Å². The zero-order valence-corrected chi connectivity index (χ0v) is 13.9. The number of hydrogen-bond donors (Lipinski definition) is 2. The van der Waals surface area contributed by atoms with Crippen molar-refractivity contribution in [2.75, 3.05) is 38.7 Å². The summed E-state index contributed by atoms with van der Waals surface area (Å²) in [5.74, 6) is 0.762. The molecule has 1 rings (SSSR count). The molecule has 1 atom stereocenters. The van der Waals surface area contributed by atoms with Crippen molar-refractivity contribution in [3.05, 3.63) is 0 Å². The number of unbranched alkanes of at least 4 members (excludes halogenated alkanes) is 1. The van der Waals surface area contributed by atoms with Crippen LogP contribution in [0.1, 0.15) is 26.2 Å². The lowest BCUT2D eigenvalue weighted by molar-refractivity contribution is -0.127. The second-order valence-corrected chi connectivity index (χ2v) is 7.71. The summed E-state index contributed by atoms with van der Waals surface area (Å²) in [5, 5.41) is 6.26. The van der Waals surface area contributed by atoms with E-state index in [-0.39, 0.29) is 30.0 Å². The van der Waals surface area contributed by atoms with Crippen LogP contribution < -0.4 is 10.6 Å². The number of nitrogens with one attached hydrogen (secondary N) is 2. The Kier molecular flexibility index (Phi) is 6.94. The second kappa shape index (κ2) is 8.21. The Balaban J connectivity index is 2.59. The average Bonchev–Trinajstić information content (AvgIpc) is 2.74. The number of likely N-dealkylation sites (N-methyl/N-ethyl adjacent to an activating group) is 1. The summed E-state index contributed by atoms with van der Waals surface area (Å²) in [6.07, 6.45) is 2.62. The number of sulfone groups is 1. The largest absolute Gasteiger partial charge is 0.356 e. The first kappa shape index (κ1) is 17.7. The average molecular weight is 318 g/mol. The first-order chi connectivity index (χ1) is 9.84. The number of aliphatic imine (C=N–C) groups is 1. The molecule has 2 N–H and O–H groups in total. The number of guanidine groups is 1. The molecule has 21 heavy (non-hydrogen) atoms. The van der Waals surface area contributed by atoms with Crippen molar-refractivity contribution in [2.45, 2.75) is 32.2 Å². The molecule has 1 heterocycles. The van der Waals surface area contributed by atoms with E-state index in [1.54, 1.807) is 14.1 Å². The number of amides is 1. The van der Waals surface area contributed by atoms with Crippen LogP contribution in [0.15, 0.2) is 4.99 Å². The van der Waals surface area contributed by atoms with Crippen molar-refractivity contribution in [2.24, 2.45) is 4.99 Å². The highest BCUT2D eigenvalue weighted by atomic mass is 32.2. The third-order valence-electron chi connectivity index (χ3n) is 3.27. The molecule has 0 saturated carbocycles. The zero-order valence-electron chi connectivity index (χ0n) is 13.1. The van der Waals surface area contributed by atoms with Gasteiger partial charge >= 0.3 is 0 Å². The van der Waals surface area contributed by atoms with Gasteiger partial charge in [-0.15, -0.1) is 0 Å². The summed E-state index contributed by atoms with van der Waals surface area (Å²) in [6.45, 7) is 2.89. The lowest BCUT2D eigenvalue weighted by Crippen LogP contribution is -2.45. The molecule has 1 unspecified atom stereocenters. The molecule has 0 radical (unpaired) electrons. The molecule has 0 aromatic rings. The van der Waals surface area contributed by atoms with Crippen LogP contribution in [0.3, 0.4) is 0 Å². The molecule has 0 bridgehead atoms. The van der Waals surface area contributed by atoms with E-state index < -0.39 is 9.84 Å². The minimum absolute atomic E-state index is 0.0495. The van der Waals surface area contributed by atoms with Crippen molar-refractivity contribution in [1.82, 2.24) is 15.5 Å². The van der Waals surface area contributed by atoms with Crippen molar-refractivity contribution in [1.29, 1.82) is 0 Å². The quantitative estimate of drug-likeness (QED) is 0.395. The first-order valence-corrected chi connectivity index (χ1v) is 9.11. The Morgan fingerprint density at radius 2 is 2.10 bits per heavy atom. The standard InChI is InChI=1S/C13H26N4O3S/c1-4-5-7-14-13(15-9-12(18)17(2)3)16-11-6-8-21(19,20)10-11/h11H,4-10H2,1-3H3,(H2,14,15,16). The van der Waals surface area contributed by atoms with E-state index in [0.29, 0.717) is 12.4 Å². The van der Waals surface area contributed by atoms with Gasteiger partial charge in [-0.3, -0.25) is 4.79 Å². The zero-order chi connectivity index (χ0) is 15.9. The summed E-state index contributed by atoms with van der Waals surface area (Å²) < 4.78 is 23.0. The van der Waals surface area contributed by atoms with E-state index in [0.717, 1.165) is 19.4 Å². The van der Waals surface area contributed by atoms with Gasteiger partial charge in [-0.05, 0) is 12.8 Å².